The zero-order valence-corrected chi connectivity index (χ0v) is 19.0. The summed E-state index contributed by atoms with van der Waals surface area (Å²) in [6, 6.07) is 5.21. The van der Waals surface area contributed by atoms with Gasteiger partial charge in [-0.05, 0) is 25.1 Å². The van der Waals surface area contributed by atoms with Crippen LogP contribution in [0.3, 0.4) is 0 Å². The first-order valence-electron chi connectivity index (χ1n) is 8.28. The zero-order valence-electron chi connectivity index (χ0n) is 15.7. The summed E-state index contributed by atoms with van der Waals surface area (Å²) in [5.41, 5.74) is 1.73. The van der Waals surface area contributed by atoms with E-state index in [1.165, 1.54) is 4.31 Å². The summed E-state index contributed by atoms with van der Waals surface area (Å²) >= 11 is 0. The van der Waals surface area contributed by atoms with Gasteiger partial charge in [0.15, 0.2) is 0 Å². The lowest BCUT2D eigenvalue weighted by atomic mass is 10.3. The summed E-state index contributed by atoms with van der Waals surface area (Å²) in [7, 11) is -0.357. The van der Waals surface area contributed by atoms with Crippen molar-refractivity contribution in [1.29, 1.82) is 0 Å². The Morgan fingerprint density at radius 1 is 1.15 bits per heavy atom. The van der Waals surface area contributed by atoms with Crippen LogP contribution in [0.15, 0.2) is 23.1 Å². The molecule has 1 aliphatic heterocycles. The van der Waals surface area contributed by atoms with E-state index in [1.807, 2.05) is 6.07 Å². The van der Waals surface area contributed by atoms with E-state index in [1.54, 1.807) is 26.2 Å². The number of piperazine rings is 1. The van der Waals surface area contributed by atoms with Crippen LogP contribution in [0.25, 0.3) is 11.0 Å². The second kappa shape index (κ2) is 10.8. The molecule has 2 heterocycles. The van der Waals surface area contributed by atoms with Crippen molar-refractivity contribution in [2.24, 2.45) is 0 Å². The number of nitrogens with zero attached hydrogens (tertiary/aromatic N) is 4. The molecule has 11 heteroatoms. The Hall–Kier alpha value is -0.610. The lowest BCUT2D eigenvalue weighted by Gasteiger charge is -2.26. The van der Waals surface area contributed by atoms with Crippen molar-refractivity contribution in [3.05, 3.63) is 24.0 Å². The minimum Gasteiger partial charge on any atom is -0.327 e. The fourth-order valence-corrected chi connectivity index (χ4v) is 4.00. The molecule has 2 aromatic rings. The van der Waals surface area contributed by atoms with Gasteiger partial charge in [0, 0.05) is 46.8 Å². The van der Waals surface area contributed by atoms with Crippen LogP contribution >= 0.6 is 37.2 Å². The summed E-state index contributed by atoms with van der Waals surface area (Å²) in [6.45, 7) is 7.71. The molecular formula is C16H28Cl3N5O2S. The molecule has 0 spiro atoms. The van der Waals surface area contributed by atoms with E-state index in [4.69, 9.17) is 4.98 Å². The van der Waals surface area contributed by atoms with Gasteiger partial charge in [0.05, 0.1) is 22.5 Å². The van der Waals surface area contributed by atoms with Crippen LogP contribution in [0.1, 0.15) is 12.7 Å². The Balaban J connectivity index is 0.00000225. The fraction of sp³-hybridized carbons (Fsp3) is 0.562. The van der Waals surface area contributed by atoms with Crippen molar-refractivity contribution in [1.82, 2.24) is 24.1 Å². The zero-order chi connectivity index (χ0) is 17.3. The molecule has 1 aromatic carbocycles. The van der Waals surface area contributed by atoms with E-state index >= 15 is 0 Å². The SMILES string of the molecule is CCn1c(CN2CCNCC2)nc2cc(S(=O)(=O)N(C)C)ccc21.Cl.Cl.Cl. The average molecular weight is 461 g/mol. The van der Waals surface area contributed by atoms with Crippen LogP contribution in [0.4, 0.5) is 0 Å². The van der Waals surface area contributed by atoms with Crippen LogP contribution in [0, 0.1) is 0 Å². The van der Waals surface area contributed by atoms with Crippen LogP contribution in [-0.4, -0.2) is 67.4 Å². The molecule has 1 aliphatic rings. The van der Waals surface area contributed by atoms with Gasteiger partial charge in [0.1, 0.15) is 5.82 Å². The number of imidazole rings is 1. The van der Waals surface area contributed by atoms with Gasteiger partial charge in [0.2, 0.25) is 10.0 Å². The molecule has 1 fully saturated rings. The topological polar surface area (TPSA) is 70.5 Å². The number of aryl methyl sites for hydroxylation is 1. The maximum absolute atomic E-state index is 12.3. The highest BCUT2D eigenvalue weighted by atomic mass is 35.5. The first kappa shape index (κ1) is 26.4. The Bertz CT molecular complexity index is 836. The fourth-order valence-electron chi connectivity index (χ4n) is 3.07. The van der Waals surface area contributed by atoms with E-state index in [0.29, 0.717) is 0 Å². The van der Waals surface area contributed by atoms with Crippen molar-refractivity contribution < 1.29 is 8.42 Å². The number of benzene rings is 1. The Morgan fingerprint density at radius 2 is 1.78 bits per heavy atom. The third kappa shape index (κ3) is 5.47. The smallest absolute Gasteiger partial charge is 0.242 e. The predicted molar refractivity (Wildman–Crippen MR) is 116 cm³/mol. The molecule has 0 radical (unpaired) electrons. The molecule has 7 nitrogen and oxygen atoms in total. The predicted octanol–water partition coefficient (Wildman–Crippen LogP) is 1.98. The highest BCUT2D eigenvalue weighted by Gasteiger charge is 2.20. The summed E-state index contributed by atoms with van der Waals surface area (Å²) < 4.78 is 28.1. The third-order valence-electron chi connectivity index (χ3n) is 4.47. The van der Waals surface area contributed by atoms with E-state index in [2.05, 4.69) is 21.7 Å². The molecule has 0 atom stereocenters. The summed E-state index contributed by atoms with van der Waals surface area (Å²) in [5.74, 6) is 0.994. The lowest BCUT2D eigenvalue weighted by Crippen LogP contribution is -2.43. The second-order valence-electron chi connectivity index (χ2n) is 6.24. The molecule has 0 amide bonds. The molecule has 1 saturated heterocycles. The van der Waals surface area contributed by atoms with Crippen LogP contribution < -0.4 is 5.32 Å². The van der Waals surface area contributed by atoms with Gasteiger partial charge >= 0.3 is 0 Å². The third-order valence-corrected chi connectivity index (χ3v) is 6.28. The molecule has 0 aliphatic carbocycles. The van der Waals surface area contributed by atoms with Crippen molar-refractivity contribution in [3.63, 3.8) is 0 Å². The average Bonchev–Trinajstić information content (AvgIpc) is 2.91. The number of fused-ring (bicyclic) bond motifs is 1. The Morgan fingerprint density at radius 3 is 2.33 bits per heavy atom. The van der Waals surface area contributed by atoms with Crippen molar-refractivity contribution in [3.8, 4) is 0 Å². The largest absolute Gasteiger partial charge is 0.327 e. The van der Waals surface area contributed by atoms with Gasteiger partial charge in [-0.25, -0.2) is 17.7 Å². The second-order valence-corrected chi connectivity index (χ2v) is 8.39. The monoisotopic (exact) mass is 459 g/mol. The Labute approximate surface area is 179 Å². The van der Waals surface area contributed by atoms with Crippen LogP contribution in [0.2, 0.25) is 0 Å². The molecule has 3 rings (SSSR count). The normalized spacial score (nSPS) is 15.1. The first-order valence-corrected chi connectivity index (χ1v) is 9.72. The number of sulfonamides is 1. The van der Waals surface area contributed by atoms with Crippen LogP contribution in [0.5, 0.6) is 0 Å². The molecule has 0 saturated carbocycles. The molecule has 0 unspecified atom stereocenters. The van der Waals surface area contributed by atoms with E-state index in [9.17, 15) is 8.42 Å². The molecule has 156 valence electrons. The molecular weight excluding hydrogens is 433 g/mol. The summed E-state index contributed by atoms with van der Waals surface area (Å²) in [4.78, 5) is 7.39. The number of hydrogen-bond donors (Lipinski definition) is 1. The van der Waals surface area contributed by atoms with Gasteiger partial charge in [-0.2, -0.15) is 0 Å². The molecule has 0 bridgehead atoms. The van der Waals surface area contributed by atoms with Crippen molar-refractivity contribution >= 4 is 58.3 Å². The minimum atomic E-state index is -3.44. The van der Waals surface area contributed by atoms with Crippen molar-refractivity contribution in [2.45, 2.75) is 24.9 Å². The van der Waals surface area contributed by atoms with Gasteiger partial charge in [-0.3, -0.25) is 4.90 Å². The number of aromatic nitrogens is 2. The highest BCUT2D eigenvalue weighted by Crippen LogP contribution is 2.22. The summed E-state index contributed by atoms with van der Waals surface area (Å²) in [6.07, 6.45) is 0. The minimum absolute atomic E-state index is 0. The number of nitrogens with one attached hydrogen (secondary N) is 1. The molecule has 27 heavy (non-hydrogen) atoms. The summed E-state index contributed by atoms with van der Waals surface area (Å²) in [5, 5.41) is 3.35. The maximum atomic E-state index is 12.3. The number of rotatable bonds is 5. The van der Waals surface area contributed by atoms with Gasteiger partial charge in [0.25, 0.3) is 0 Å². The van der Waals surface area contributed by atoms with Crippen molar-refractivity contribution in [2.75, 3.05) is 40.3 Å². The Kier molecular flexibility index (Phi) is 10.6. The first-order chi connectivity index (χ1) is 11.4. The lowest BCUT2D eigenvalue weighted by molar-refractivity contribution is 0.225. The number of hydrogen-bond acceptors (Lipinski definition) is 5. The maximum Gasteiger partial charge on any atom is 0.242 e. The molecule has 1 aromatic heterocycles. The quantitative estimate of drug-likeness (QED) is 0.739. The van der Waals surface area contributed by atoms with Gasteiger partial charge in [-0.15, -0.1) is 37.2 Å². The highest BCUT2D eigenvalue weighted by molar-refractivity contribution is 7.89. The number of halogens is 3. The van der Waals surface area contributed by atoms with E-state index in [-0.39, 0.29) is 42.1 Å². The van der Waals surface area contributed by atoms with Gasteiger partial charge < -0.3 is 9.88 Å². The standard InChI is InChI=1S/C16H25N5O2S.3ClH/c1-4-21-15-6-5-13(24(22,23)19(2)3)11-14(15)18-16(21)12-20-9-7-17-8-10-20;;;/h5-6,11,17H,4,7-10,12H2,1-3H3;3*1H. The molecule has 1 N–H and O–H groups in total. The van der Waals surface area contributed by atoms with Crippen LogP contribution in [-0.2, 0) is 23.1 Å². The van der Waals surface area contributed by atoms with Gasteiger partial charge in [-0.1, -0.05) is 0 Å². The van der Waals surface area contributed by atoms with E-state index in [0.717, 1.165) is 56.1 Å². The van der Waals surface area contributed by atoms with E-state index < -0.39 is 10.0 Å².